The molecule has 0 aliphatic rings. The number of rotatable bonds is 2. The molecule has 0 aromatic heterocycles. The Morgan fingerprint density at radius 2 is 1.00 bits per heavy atom. The van der Waals surface area contributed by atoms with Crippen molar-refractivity contribution in [2.45, 2.75) is 12.6 Å². The van der Waals surface area contributed by atoms with Gasteiger partial charge in [0.15, 0.2) is 0 Å². The van der Waals surface area contributed by atoms with E-state index in [9.17, 15) is 44.1 Å². The minimum absolute atomic E-state index is 2.86. The Bertz CT molecular complexity index is 260. The number of hydrogen-bond donors (Lipinski definition) is 0. The van der Waals surface area contributed by atoms with Crippen LogP contribution in [-0.2, 0) is 0 Å². The van der Waals surface area contributed by atoms with Gasteiger partial charge in [0.25, 0.3) is 5.95 Å². The molecular formula is C4F10N2. The summed E-state index contributed by atoms with van der Waals surface area (Å²) in [6.07, 6.45) is -12.9. The molecule has 0 saturated heterocycles. The van der Waals surface area contributed by atoms with E-state index in [1.54, 1.807) is 0 Å². The van der Waals surface area contributed by atoms with Gasteiger partial charge in [0.05, 0.1) is 0 Å². The largest absolute Gasteiger partial charge is 0.493 e. The van der Waals surface area contributed by atoms with E-state index >= 15 is 0 Å². The lowest BCUT2D eigenvalue weighted by Gasteiger charge is -2.26. The van der Waals surface area contributed by atoms with E-state index in [-0.39, 0.29) is 0 Å². The highest BCUT2D eigenvalue weighted by Gasteiger charge is 2.57. The van der Waals surface area contributed by atoms with Crippen LogP contribution >= 0.6 is 0 Å². The monoisotopic (exact) mass is 266 g/mol. The molecule has 0 atom stereocenters. The van der Waals surface area contributed by atoms with E-state index in [0.717, 1.165) is 0 Å². The predicted molar refractivity (Wildman–Crippen MR) is 27.2 cm³/mol. The molecule has 0 saturated carbocycles. The third kappa shape index (κ3) is 3.34. The summed E-state index contributed by atoms with van der Waals surface area (Å²) in [6, 6.07) is 0. The maximum Gasteiger partial charge on any atom is 0.493 e. The van der Waals surface area contributed by atoms with Crippen LogP contribution in [0.4, 0.5) is 44.1 Å². The van der Waals surface area contributed by atoms with Crippen molar-refractivity contribution in [1.29, 1.82) is 0 Å². The topological polar surface area (TPSA) is 6.48 Å². The molecule has 0 heterocycles. The van der Waals surface area contributed by atoms with E-state index in [0.29, 0.717) is 0 Å². The van der Waals surface area contributed by atoms with Crippen LogP contribution in [0, 0.1) is 0 Å². The van der Waals surface area contributed by atoms with Crippen molar-refractivity contribution in [2.24, 2.45) is 0 Å². The van der Waals surface area contributed by atoms with E-state index < -0.39 is 34.7 Å². The highest BCUT2D eigenvalue weighted by molar-refractivity contribution is 4.97. The summed E-state index contributed by atoms with van der Waals surface area (Å²) in [7, 11) is 0. The molecule has 0 bridgehead atoms. The Morgan fingerprint density at radius 1 is 0.688 bits per heavy atom. The molecule has 0 spiro atoms. The smallest absolute Gasteiger partial charge is 0.181 e. The first-order valence-electron chi connectivity index (χ1n) is 2.99. The van der Waals surface area contributed by atoms with Crippen LogP contribution in [0.25, 0.3) is 0 Å². The lowest BCUT2D eigenvalue weighted by atomic mass is 10.6. The van der Waals surface area contributed by atoms with Gasteiger partial charge in [0.1, 0.15) is 0 Å². The van der Waals surface area contributed by atoms with Crippen molar-refractivity contribution >= 4 is 0 Å². The van der Waals surface area contributed by atoms with Gasteiger partial charge in [0.2, 0.25) is 0 Å². The van der Waals surface area contributed by atoms with Crippen molar-refractivity contribution in [3.63, 3.8) is 0 Å². The minimum Gasteiger partial charge on any atom is -0.181 e. The van der Waals surface area contributed by atoms with Crippen LogP contribution in [0.3, 0.4) is 0 Å². The third-order valence-corrected chi connectivity index (χ3v) is 1.02. The maximum absolute atomic E-state index is 12.2. The lowest BCUT2D eigenvalue weighted by molar-refractivity contribution is -0.366. The van der Waals surface area contributed by atoms with Crippen molar-refractivity contribution < 1.29 is 44.1 Å². The van der Waals surface area contributed by atoms with Crippen molar-refractivity contribution in [2.75, 3.05) is 0 Å². The van der Waals surface area contributed by atoms with Gasteiger partial charge in [0, 0.05) is 0 Å². The first-order chi connectivity index (χ1) is 6.89. The molecule has 0 rings (SSSR count). The fourth-order valence-electron chi connectivity index (χ4n) is 0.528. The Kier molecular flexibility index (Phi) is 3.89. The zero-order valence-electron chi connectivity index (χ0n) is 6.67. The second-order valence-electron chi connectivity index (χ2n) is 2.09. The molecule has 0 radical (unpaired) electrons. The first kappa shape index (κ1) is 14.6. The van der Waals surface area contributed by atoms with Gasteiger partial charge in [-0.15, -0.1) is 26.3 Å². The fourth-order valence-corrected chi connectivity index (χ4v) is 0.528. The molecule has 0 aliphatic carbocycles. The summed E-state index contributed by atoms with van der Waals surface area (Å²) in [5.41, 5.74) is 0. The van der Waals surface area contributed by atoms with Crippen molar-refractivity contribution in [3.8, 4) is 0 Å². The second-order valence-corrected chi connectivity index (χ2v) is 2.09. The van der Waals surface area contributed by atoms with Gasteiger partial charge in [-0.2, -0.15) is 13.7 Å². The highest BCUT2D eigenvalue weighted by atomic mass is 19.4. The molecule has 0 unspecified atom stereocenters. The first-order valence-corrected chi connectivity index (χ1v) is 2.99. The normalized spacial score (nSPS) is 14.6. The molecule has 2 nitrogen and oxygen atoms in total. The van der Waals surface area contributed by atoms with Crippen molar-refractivity contribution in [3.05, 3.63) is 11.9 Å². The van der Waals surface area contributed by atoms with Crippen LogP contribution in [0.5, 0.6) is 0 Å². The molecule has 0 fully saturated rings. The predicted octanol–water partition coefficient (Wildman–Crippen LogP) is 3.46. The SMILES string of the molecule is F/C(=C(/F)N(C(F)(F)F)C(F)(F)F)N(F)F. The molecular weight excluding hydrogens is 266 g/mol. The average Bonchev–Trinajstić information content (AvgIpc) is 1.96. The van der Waals surface area contributed by atoms with Crippen molar-refractivity contribution in [1.82, 2.24) is 10.2 Å². The number of nitrogens with zero attached hydrogens (tertiary/aromatic N) is 2. The Morgan fingerprint density at radius 3 is 1.19 bits per heavy atom. The summed E-state index contributed by atoms with van der Waals surface area (Å²) in [4.78, 5) is -3.03. The average molecular weight is 266 g/mol. The molecule has 16 heavy (non-hydrogen) atoms. The van der Waals surface area contributed by atoms with Crippen LogP contribution in [-0.4, -0.2) is 22.8 Å². The molecule has 0 aliphatic heterocycles. The summed E-state index contributed by atoms with van der Waals surface area (Å²) in [6.45, 7) is 0. The minimum atomic E-state index is -6.43. The summed E-state index contributed by atoms with van der Waals surface area (Å²) >= 11 is 0. The van der Waals surface area contributed by atoms with Gasteiger partial charge in [-0.25, -0.2) is 0 Å². The van der Waals surface area contributed by atoms with Crippen LogP contribution < -0.4 is 0 Å². The molecule has 0 amide bonds. The maximum atomic E-state index is 12.2. The van der Waals surface area contributed by atoms with E-state index in [1.807, 2.05) is 0 Å². The molecule has 12 heteroatoms. The zero-order chi connectivity index (χ0) is 13.3. The van der Waals surface area contributed by atoms with E-state index in [1.165, 1.54) is 0 Å². The Balaban J connectivity index is 5.49. The van der Waals surface area contributed by atoms with Gasteiger partial charge in [-0.1, -0.05) is 8.96 Å². The number of halogens is 10. The third-order valence-electron chi connectivity index (χ3n) is 1.02. The quantitative estimate of drug-likeness (QED) is 0.429. The number of alkyl halides is 6. The van der Waals surface area contributed by atoms with Gasteiger partial charge in [-0.3, -0.25) is 0 Å². The highest BCUT2D eigenvalue weighted by Crippen LogP contribution is 2.39. The van der Waals surface area contributed by atoms with Gasteiger partial charge < -0.3 is 0 Å². The van der Waals surface area contributed by atoms with E-state index in [2.05, 4.69) is 0 Å². The Labute approximate surface area is 80.2 Å². The molecule has 0 N–H and O–H groups in total. The molecule has 0 aromatic carbocycles. The number of hydrogen-bond acceptors (Lipinski definition) is 2. The second kappa shape index (κ2) is 4.25. The van der Waals surface area contributed by atoms with Crippen LogP contribution in [0.2, 0.25) is 0 Å². The van der Waals surface area contributed by atoms with Crippen LogP contribution in [0.15, 0.2) is 11.9 Å². The fraction of sp³-hybridized carbons (Fsp3) is 0.500. The summed E-state index contributed by atoms with van der Waals surface area (Å²) in [5, 5.41) is -2.86. The molecule has 0 aromatic rings. The Hall–Kier alpha value is -1.36. The summed E-state index contributed by atoms with van der Waals surface area (Å²) < 4.78 is 116. The van der Waals surface area contributed by atoms with E-state index in [4.69, 9.17) is 0 Å². The summed E-state index contributed by atoms with van der Waals surface area (Å²) in [5.74, 6) is -7.43. The van der Waals surface area contributed by atoms with Gasteiger partial charge >= 0.3 is 18.6 Å². The van der Waals surface area contributed by atoms with Gasteiger partial charge in [-0.05, 0) is 5.34 Å². The standard InChI is InChI=1S/C4F10N2/c5-1(2(6)16(13)14)15(3(7,8)9)4(10,11)12/b2-1+. The molecule has 96 valence electrons. The van der Waals surface area contributed by atoms with Crippen LogP contribution in [0.1, 0.15) is 0 Å². The lowest BCUT2D eigenvalue weighted by Crippen LogP contribution is -2.46. The zero-order valence-corrected chi connectivity index (χ0v) is 6.67.